The summed E-state index contributed by atoms with van der Waals surface area (Å²) in [6.07, 6.45) is -1.10. The lowest BCUT2D eigenvalue weighted by atomic mass is 9.78. The fraction of sp³-hybridized carbons (Fsp3) is 0.444. The molecule has 1 rings (SSSR count). The molecule has 0 aliphatic carbocycles. The zero-order valence-corrected chi connectivity index (χ0v) is 14.8. The second-order valence-electron chi connectivity index (χ2n) is 6.09. The van der Waals surface area contributed by atoms with Crippen molar-refractivity contribution in [1.29, 1.82) is 0 Å². The van der Waals surface area contributed by atoms with Crippen molar-refractivity contribution in [1.82, 2.24) is 0 Å². The van der Waals surface area contributed by atoms with Gasteiger partial charge in [-0.25, -0.2) is 14.5 Å². The van der Waals surface area contributed by atoms with Gasteiger partial charge >= 0.3 is 12.1 Å². The van der Waals surface area contributed by atoms with Crippen LogP contribution in [0.25, 0.3) is 0 Å². The fourth-order valence-electron chi connectivity index (χ4n) is 1.98. The van der Waals surface area contributed by atoms with Gasteiger partial charge in [0.2, 0.25) is 0 Å². The molecule has 0 aliphatic heterocycles. The van der Waals surface area contributed by atoms with E-state index >= 15 is 0 Å². The molecule has 1 aromatic rings. The SMILES string of the molecule is C=C(C(=O)OOOC(=O)OCC)C(C)(C)c1ccc(C(C)C)cc1. The summed E-state index contributed by atoms with van der Waals surface area (Å²) in [5.41, 5.74) is 1.58. The first-order valence-corrected chi connectivity index (χ1v) is 7.72. The molecule has 0 aromatic heterocycles. The molecule has 0 heterocycles. The predicted octanol–water partition coefficient (Wildman–Crippen LogP) is 4.21. The van der Waals surface area contributed by atoms with Crippen molar-refractivity contribution in [3.63, 3.8) is 0 Å². The van der Waals surface area contributed by atoms with Crippen molar-refractivity contribution < 1.29 is 29.1 Å². The largest absolute Gasteiger partial charge is 0.543 e. The smallest absolute Gasteiger partial charge is 0.433 e. The van der Waals surface area contributed by atoms with Gasteiger partial charge in [0.15, 0.2) is 0 Å². The average molecular weight is 336 g/mol. The maximum Gasteiger partial charge on any atom is 0.543 e. The molecule has 0 saturated carbocycles. The molecule has 0 amide bonds. The van der Waals surface area contributed by atoms with Gasteiger partial charge in [-0.15, -0.1) is 0 Å². The Bertz CT molecular complexity index is 586. The molecule has 0 radical (unpaired) electrons. The van der Waals surface area contributed by atoms with Crippen LogP contribution in [0.5, 0.6) is 0 Å². The highest BCUT2D eigenvalue weighted by Crippen LogP contribution is 2.32. The lowest BCUT2D eigenvalue weighted by molar-refractivity contribution is -0.457. The lowest BCUT2D eigenvalue weighted by Gasteiger charge is -2.26. The minimum atomic E-state index is -1.10. The van der Waals surface area contributed by atoms with Gasteiger partial charge in [0, 0.05) is 11.0 Å². The van der Waals surface area contributed by atoms with Crippen LogP contribution in [-0.4, -0.2) is 18.7 Å². The molecule has 0 atom stereocenters. The van der Waals surface area contributed by atoms with Gasteiger partial charge in [-0.1, -0.05) is 58.5 Å². The Labute approximate surface area is 142 Å². The lowest BCUT2D eigenvalue weighted by Crippen LogP contribution is -2.27. The van der Waals surface area contributed by atoms with E-state index in [0.717, 1.165) is 5.56 Å². The molecule has 0 unspecified atom stereocenters. The summed E-state index contributed by atoms with van der Waals surface area (Å²) < 4.78 is 4.45. The minimum Gasteiger partial charge on any atom is -0.433 e. The van der Waals surface area contributed by atoms with Crippen LogP contribution in [0, 0.1) is 0 Å². The van der Waals surface area contributed by atoms with E-state index < -0.39 is 17.5 Å². The third-order valence-electron chi connectivity index (χ3n) is 3.77. The summed E-state index contributed by atoms with van der Waals surface area (Å²) in [6.45, 7) is 13.4. The predicted molar refractivity (Wildman–Crippen MR) is 88.0 cm³/mol. The number of ether oxygens (including phenoxy) is 1. The van der Waals surface area contributed by atoms with Gasteiger partial charge in [0.05, 0.1) is 11.6 Å². The first-order valence-electron chi connectivity index (χ1n) is 7.72. The molecule has 24 heavy (non-hydrogen) atoms. The van der Waals surface area contributed by atoms with E-state index in [-0.39, 0.29) is 12.2 Å². The van der Waals surface area contributed by atoms with Crippen LogP contribution in [0.1, 0.15) is 51.7 Å². The highest BCUT2D eigenvalue weighted by molar-refractivity contribution is 5.90. The Morgan fingerprint density at radius 3 is 2.21 bits per heavy atom. The first kappa shape index (κ1) is 19.7. The number of carbonyl (C=O) groups excluding carboxylic acids is 2. The van der Waals surface area contributed by atoms with E-state index in [9.17, 15) is 9.59 Å². The molecule has 6 heteroatoms. The van der Waals surface area contributed by atoms with Crippen molar-refractivity contribution in [2.75, 3.05) is 6.61 Å². The first-order chi connectivity index (χ1) is 11.2. The zero-order valence-electron chi connectivity index (χ0n) is 14.8. The van der Waals surface area contributed by atoms with Gasteiger partial charge < -0.3 is 4.74 Å². The second-order valence-corrected chi connectivity index (χ2v) is 6.09. The third-order valence-corrected chi connectivity index (χ3v) is 3.77. The number of rotatable bonds is 7. The van der Waals surface area contributed by atoms with Gasteiger partial charge in [0.25, 0.3) is 0 Å². The summed E-state index contributed by atoms with van der Waals surface area (Å²) in [5.74, 6) is -0.416. The molecule has 0 bridgehead atoms. The summed E-state index contributed by atoms with van der Waals surface area (Å²) in [4.78, 5) is 31.5. The van der Waals surface area contributed by atoms with Crippen LogP contribution >= 0.6 is 0 Å². The van der Waals surface area contributed by atoms with Crippen LogP contribution in [0.2, 0.25) is 0 Å². The Kier molecular flexibility index (Phi) is 6.97. The molecule has 0 aliphatic rings. The monoisotopic (exact) mass is 336 g/mol. The Morgan fingerprint density at radius 1 is 1.12 bits per heavy atom. The van der Waals surface area contributed by atoms with E-state index in [1.807, 2.05) is 38.1 Å². The van der Waals surface area contributed by atoms with Crippen LogP contribution in [0.4, 0.5) is 4.79 Å². The number of hydrogen-bond acceptors (Lipinski definition) is 6. The van der Waals surface area contributed by atoms with Crippen LogP contribution in [0.3, 0.4) is 0 Å². The molecule has 0 spiro atoms. The van der Waals surface area contributed by atoms with Crippen molar-refractivity contribution in [2.24, 2.45) is 0 Å². The van der Waals surface area contributed by atoms with Crippen molar-refractivity contribution in [2.45, 2.75) is 46.0 Å². The van der Waals surface area contributed by atoms with E-state index in [1.54, 1.807) is 6.92 Å². The van der Waals surface area contributed by atoms with Crippen LogP contribution in [-0.2, 0) is 29.8 Å². The van der Waals surface area contributed by atoms with Crippen LogP contribution in [0.15, 0.2) is 36.4 Å². The number of benzene rings is 1. The number of carbonyl (C=O) groups is 2. The summed E-state index contributed by atoms with van der Waals surface area (Å²) in [6, 6.07) is 7.93. The fourth-order valence-corrected chi connectivity index (χ4v) is 1.98. The summed E-state index contributed by atoms with van der Waals surface area (Å²) >= 11 is 0. The topological polar surface area (TPSA) is 71.1 Å². The Balaban J connectivity index is 2.69. The standard InChI is InChI=1S/C18H24O6/c1-7-21-17(20)23-24-22-16(19)13(4)18(5,6)15-10-8-14(9-11-15)12(2)3/h8-12H,4,7H2,1-3,5-6H3. The molecule has 0 fully saturated rings. The molecular formula is C18H24O6. The molecule has 0 N–H and O–H groups in total. The van der Waals surface area contributed by atoms with E-state index in [1.165, 1.54) is 5.56 Å². The van der Waals surface area contributed by atoms with E-state index in [0.29, 0.717) is 5.92 Å². The van der Waals surface area contributed by atoms with Gasteiger partial charge in [0.1, 0.15) is 0 Å². The highest BCUT2D eigenvalue weighted by atomic mass is 17.5. The van der Waals surface area contributed by atoms with E-state index in [2.05, 4.69) is 40.0 Å². The van der Waals surface area contributed by atoms with Gasteiger partial charge in [-0.05, 0) is 24.0 Å². The third kappa shape index (κ3) is 5.09. The van der Waals surface area contributed by atoms with E-state index in [4.69, 9.17) is 0 Å². The average Bonchev–Trinajstić information content (AvgIpc) is 2.54. The quantitative estimate of drug-likeness (QED) is 0.321. The Morgan fingerprint density at radius 2 is 1.71 bits per heavy atom. The maximum absolute atomic E-state index is 12.0. The molecule has 132 valence electrons. The van der Waals surface area contributed by atoms with Gasteiger partial charge in [-0.3, -0.25) is 4.89 Å². The van der Waals surface area contributed by atoms with Crippen molar-refractivity contribution in [3.05, 3.63) is 47.5 Å². The van der Waals surface area contributed by atoms with Gasteiger partial charge in [-0.2, -0.15) is 0 Å². The van der Waals surface area contributed by atoms with Crippen molar-refractivity contribution >= 4 is 12.1 Å². The minimum absolute atomic E-state index is 0.113. The summed E-state index contributed by atoms with van der Waals surface area (Å²) in [5, 5.41) is 4.13. The normalized spacial score (nSPS) is 11.1. The zero-order chi connectivity index (χ0) is 18.3. The highest BCUT2D eigenvalue weighted by Gasteiger charge is 2.31. The molecule has 1 aromatic carbocycles. The molecule has 0 saturated heterocycles. The molecule has 6 nitrogen and oxygen atoms in total. The van der Waals surface area contributed by atoms with Crippen molar-refractivity contribution in [3.8, 4) is 0 Å². The maximum atomic E-state index is 12.0. The summed E-state index contributed by atoms with van der Waals surface area (Å²) in [7, 11) is 0. The molecular weight excluding hydrogens is 312 g/mol. The Hall–Kier alpha value is -2.34. The number of hydrogen-bond donors (Lipinski definition) is 0. The van der Waals surface area contributed by atoms with Crippen LogP contribution < -0.4 is 0 Å². The second kappa shape index (κ2) is 8.49.